The summed E-state index contributed by atoms with van der Waals surface area (Å²) in [6, 6.07) is 6.14. The summed E-state index contributed by atoms with van der Waals surface area (Å²) in [6.45, 7) is 9.72. The fourth-order valence-corrected chi connectivity index (χ4v) is 5.39. The third kappa shape index (κ3) is 3.01. The first kappa shape index (κ1) is 20.3. The van der Waals surface area contributed by atoms with E-state index in [-0.39, 0.29) is 11.9 Å². The van der Waals surface area contributed by atoms with Crippen LogP contribution < -0.4 is 4.74 Å². The van der Waals surface area contributed by atoms with Crippen LogP contribution in [0.3, 0.4) is 0 Å². The number of hydrogen-bond acceptors (Lipinski definition) is 5. The maximum Gasteiger partial charge on any atom is 0.169 e. The summed E-state index contributed by atoms with van der Waals surface area (Å²) >= 11 is 0. The largest absolute Gasteiger partial charge is 0.491 e. The molecule has 5 rings (SSSR count). The number of benzene rings is 1. The molecule has 0 saturated heterocycles. The molecule has 5 heteroatoms. The zero-order valence-corrected chi connectivity index (χ0v) is 18.8. The molecule has 1 aromatic heterocycles. The zero-order chi connectivity index (χ0) is 21.9. The highest BCUT2D eigenvalue weighted by Crippen LogP contribution is 2.45. The van der Waals surface area contributed by atoms with Gasteiger partial charge in [-0.05, 0) is 74.1 Å². The number of aromatic nitrogens is 1. The molecule has 1 aromatic carbocycles. The summed E-state index contributed by atoms with van der Waals surface area (Å²) < 4.78 is 5.93. The predicted octanol–water partition coefficient (Wildman–Crippen LogP) is 4.56. The minimum Gasteiger partial charge on any atom is -0.491 e. The van der Waals surface area contributed by atoms with Crippen LogP contribution in [0.2, 0.25) is 0 Å². The third-order valence-electron chi connectivity index (χ3n) is 6.95. The Morgan fingerprint density at radius 3 is 2.74 bits per heavy atom. The first-order valence-corrected chi connectivity index (χ1v) is 11.4. The van der Waals surface area contributed by atoms with E-state index in [9.17, 15) is 9.90 Å². The van der Waals surface area contributed by atoms with Gasteiger partial charge in [-0.25, -0.2) is 4.98 Å². The van der Waals surface area contributed by atoms with Crippen molar-refractivity contribution in [3.05, 3.63) is 52.2 Å². The summed E-state index contributed by atoms with van der Waals surface area (Å²) in [5, 5.41) is 12.3. The summed E-state index contributed by atoms with van der Waals surface area (Å²) in [4.78, 5) is 20.0. The van der Waals surface area contributed by atoms with Gasteiger partial charge in [0.15, 0.2) is 5.78 Å². The summed E-state index contributed by atoms with van der Waals surface area (Å²) in [7, 11) is 0. The molecule has 3 heterocycles. The molecule has 0 fully saturated rings. The van der Waals surface area contributed by atoms with E-state index in [1.807, 2.05) is 39.0 Å². The van der Waals surface area contributed by atoms with Gasteiger partial charge in [0, 0.05) is 30.5 Å². The highest BCUT2D eigenvalue weighted by Gasteiger charge is 2.44. The Balaban J connectivity index is 1.66. The van der Waals surface area contributed by atoms with Crippen LogP contribution in [-0.2, 0) is 17.8 Å². The molecule has 0 bridgehead atoms. The Morgan fingerprint density at radius 1 is 1.23 bits per heavy atom. The van der Waals surface area contributed by atoms with Gasteiger partial charge in [-0.15, -0.1) is 0 Å². The highest BCUT2D eigenvalue weighted by molar-refractivity contribution is 5.95. The summed E-state index contributed by atoms with van der Waals surface area (Å²) in [5.74, 6) is 0.813. The number of ketones is 1. The number of Topliss-reactive ketones (excluding diaryl/α,β-unsaturated/α-hetero) is 1. The fraction of sp³-hybridized carbons (Fsp3) is 0.462. The van der Waals surface area contributed by atoms with E-state index in [0.29, 0.717) is 12.8 Å². The number of pyridine rings is 1. The number of nitrogens with zero attached hydrogens (tertiary/aromatic N) is 2. The molecule has 1 N–H and O–H groups in total. The lowest BCUT2D eigenvalue weighted by Crippen LogP contribution is -2.45. The van der Waals surface area contributed by atoms with Crippen molar-refractivity contribution < 1.29 is 14.6 Å². The molecule has 0 amide bonds. The van der Waals surface area contributed by atoms with Crippen molar-refractivity contribution in [1.29, 1.82) is 0 Å². The van der Waals surface area contributed by atoms with Gasteiger partial charge >= 0.3 is 0 Å². The Bertz CT molecular complexity index is 1160. The van der Waals surface area contributed by atoms with E-state index in [2.05, 4.69) is 17.9 Å². The quantitative estimate of drug-likeness (QED) is 0.789. The van der Waals surface area contributed by atoms with Crippen LogP contribution in [0.5, 0.6) is 5.75 Å². The van der Waals surface area contributed by atoms with Gasteiger partial charge < -0.3 is 14.7 Å². The van der Waals surface area contributed by atoms with Gasteiger partial charge in [0.05, 0.1) is 23.0 Å². The van der Waals surface area contributed by atoms with Crippen molar-refractivity contribution in [2.75, 3.05) is 6.54 Å². The molecule has 0 unspecified atom stereocenters. The molecule has 3 aliphatic rings. The SMILES string of the molecule is CCc1c2c(nc3ccc(OC(C)C)cc13)C1=CC3=C(CCC(=O)[C@]3(O)CC)CN1C2. The molecule has 1 aliphatic carbocycles. The average Bonchev–Trinajstić information content (AvgIpc) is 3.10. The molecule has 0 radical (unpaired) electrons. The van der Waals surface area contributed by atoms with Crippen LogP contribution in [0.4, 0.5) is 0 Å². The van der Waals surface area contributed by atoms with Crippen LogP contribution in [0.15, 0.2) is 35.4 Å². The molecule has 2 aliphatic heterocycles. The van der Waals surface area contributed by atoms with Crippen LogP contribution in [0.1, 0.15) is 63.8 Å². The maximum absolute atomic E-state index is 12.6. The van der Waals surface area contributed by atoms with Gasteiger partial charge in [0.25, 0.3) is 0 Å². The Hall–Kier alpha value is -2.66. The molecule has 0 saturated carbocycles. The summed E-state index contributed by atoms with van der Waals surface area (Å²) in [6.07, 6.45) is 4.65. The summed E-state index contributed by atoms with van der Waals surface area (Å²) in [5.41, 5.74) is 6.20. The Labute approximate surface area is 183 Å². The lowest BCUT2D eigenvalue weighted by molar-refractivity contribution is -0.134. The third-order valence-corrected chi connectivity index (χ3v) is 6.95. The van der Waals surface area contributed by atoms with E-state index in [4.69, 9.17) is 9.72 Å². The van der Waals surface area contributed by atoms with Gasteiger partial charge in [-0.3, -0.25) is 4.79 Å². The molecular weight excluding hydrogens is 388 g/mol. The van der Waals surface area contributed by atoms with Crippen molar-refractivity contribution in [3.8, 4) is 5.75 Å². The zero-order valence-electron chi connectivity index (χ0n) is 18.8. The number of carbonyl (C=O) groups excluding carboxylic acids is 1. The molecule has 2 aromatic rings. The normalized spacial score (nSPS) is 22.6. The van der Waals surface area contributed by atoms with Crippen LogP contribution in [0, 0.1) is 0 Å². The first-order valence-electron chi connectivity index (χ1n) is 11.4. The van der Waals surface area contributed by atoms with Crippen molar-refractivity contribution in [3.63, 3.8) is 0 Å². The minimum absolute atomic E-state index is 0.0596. The number of ether oxygens (including phenoxy) is 1. The number of aliphatic hydroxyl groups is 1. The smallest absolute Gasteiger partial charge is 0.169 e. The van der Waals surface area contributed by atoms with Crippen molar-refractivity contribution >= 4 is 22.4 Å². The topological polar surface area (TPSA) is 62.7 Å². The van der Waals surface area contributed by atoms with Crippen LogP contribution in [0.25, 0.3) is 16.6 Å². The molecule has 1 atom stereocenters. The molecular formula is C26H30N2O3. The monoisotopic (exact) mass is 418 g/mol. The number of aryl methyl sites for hydroxylation is 1. The molecule has 5 nitrogen and oxygen atoms in total. The van der Waals surface area contributed by atoms with Gasteiger partial charge in [-0.2, -0.15) is 0 Å². The maximum atomic E-state index is 12.6. The number of hydrogen-bond donors (Lipinski definition) is 1. The molecule has 0 spiro atoms. The first-order chi connectivity index (χ1) is 14.9. The van der Waals surface area contributed by atoms with E-state index in [1.54, 1.807) is 0 Å². The van der Waals surface area contributed by atoms with E-state index in [0.717, 1.165) is 59.5 Å². The van der Waals surface area contributed by atoms with Gasteiger partial charge in [-0.1, -0.05) is 13.8 Å². The van der Waals surface area contributed by atoms with E-state index >= 15 is 0 Å². The van der Waals surface area contributed by atoms with Crippen molar-refractivity contribution in [1.82, 2.24) is 9.88 Å². The molecule has 162 valence electrons. The lowest BCUT2D eigenvalue weighted by atomic mass is 9.75. The fourth-order valence-electron chi connectivity index (χ4n) is 5.39. The predicted molar refractivity (Wildman–Crippen MR) is 122 cm³/mol. The van der Waals surface area contributed by atoms with Crippen molar-refractivity contribution in [2.24, 2.45) is 0 Å². The van der Waals surface area contributed by atoms with E-state index < -0.39 is 5.60 Å². The second-order valence-corrected chi connectivity index (χ2v) is 9.16. The highest BCUT2D eigenvalue weighted by atomic mass is 16.5. The van der Waals surface area contributed by atoms with Crippen LogP contribution in [-0.4, -0.2) is 39.0 Å². The number of rotatable bonds is 4. The van der Waals surface area contributed by atoms with Crippen LogP contribution >= 0.6 is 0 Å². The van der Waals surface area contributed by atoms with E-state index in [1.165, 1.54) is 16.7 Å². The number of fused-ring (bicyclic) bond motifs is 4. The Kier molecular flexibility index (Phi) is 4.70. The van der Waals surface area contributed by atoms with Crippen molar-refractivity contribution in [2.45, 2.75) is 71.6 Å². The molecule has 31 heavy (non-hydrogen) atoms. The minimum atomic E-state index is -1.36. The second kappa shape index (κ2) is 7.20. The second-order valence-electron chi connectivity index (χ2n) is 9.16. The Morgan fingerprint density at radius 2 is 2.03 bits per heavy atom. The standard InChI is InChI=1S/C26H30N2O3/c1-5-18-19-11-17(31-15(3)4)8-9-22(19)27-25-20(18)14-28-13-16-7-10-24(29)26(30,6-2)21(16)12-23(25)28/h8-9,11-12,15,30H,5-7,10,13-14H2,1-4H3/t26-/m0/s1. The van der Waals surface area contributed by atoms with Gasteiger partial charge in [0.1, 0.15) is 11.4 Å². The van der Waals surface area contributed by atoms with Gasteiger partial charge in [0.2, 0.25) is 0 Å². The number of carbonyl (C=O) groups is 1. The lowest BCUT2D eigenvalue weighted by Gasteiger charge is -2.38. The average molecular weight is 419 g/mol.